The first kappa shape index (κ1) is 15.6. The third-order valence-corrected chi connectivity index (χ3v) is 4.01. The quantitative estimate of drug-likeness (QED) is 0.483. The molecule has 2 N–H and O–H groups in total. The molecule has 0 saturated heterocycles. The predicted molar refractivity (Wildman–Crippen MR) is 81.7 cm³/mol. The lowest BCUT2D eigenvalue weighted by atomic mass is 10.1. The van der Waals surface area contributed by atoms with Crippen molar-refractivity contribution in [3.63, 3.8) is 0 Å². The minimum Gasteiger partial charge on any atom is -0.354 e. The average Bonchev–Trinajstić information content (AvgIpc) is 3.01. The summed E-state index contributed by atoms with van der Waals surface area (Å²) in [5.74, 6) is 0.0950. The Balaban J connectivity index is 2.47. The number of hydrogen-bond donors (Lipinski definition) is 2. The highest BCUT2D eigenvalue weighted by Gasteiger charge is 2.20. The standard InChI is InChI=1S/C12H10BrN7O2/c1-6-3-9(20(21)22)11(10(13)7(6)2)15-5-8(4-14)12-16-18-19-17-12/h3,5,15H,1-2H3,(H,16,17,18,19). The molecule has 112 valence electrons. The van der Waals surface area contributed by atoms with Crippen LogP contribution in [-0.2, 0) is 0 Å². The number of nitrogens with one attached hydrogen (secondary N) is 2. The van der Waals surface area contributed by atoms with Gasteiger partial charge in [0.2, 0.25) is 5.82 Å². The fourth-order valence-electron chi connectivity index (χ4n) is 1.71. The smallest absolute Gasteiger partial charge is 0.294 e. The van der Waals surface area contributed by atoms with Crippen LogP contribution in [0.3, 0.4) is 0 Å². The van der Waals surface area contributed by atoms with Crippen LogP contribution in [0.2, 0.25) is 0 Å². The number of nitrogens with zero attached hydrogens (tertiary/aromatic N) is 5. The highest BCUT2D eigenvalue weighted by Crippen LogP contribution is 2.37. The normalized spacial score (nSPS) is 11.1. The van der Waals surface area contributed by atoms with Crippen LogP contribution in [0.25, 0.3) is 5.57 Å². The van der Waals surface area contributed by atoms with E-state index >= 15 is 0 Å². The molecule has 0 fully saturated rings. The van der Waals surface area contributed by atoms with E-state index in [1.807, 2.05) is 13.0 Å². The van der Waals surface area contributed by atoms with E-state index in [-0.39, 0.29) is 22.8 Å². The summed E-state index contributed by atoms with van der Waals surface area (Å²) in [7, 11) is 0. The minimum absolute atomic E-state index is 0.0909. The minimum atomic E-state index is -0.492. The van der Waals surface area contributed by atoms with E-state index in [1.54, 1.807) is 6.92 Å². The van der Waals surface area contributed by atoms with E-state index in [0.29, 0.717) is 4.47 Å². The van der Waals surface area contributed by atoms with Crippen molar-refractivity contribution < 1.29 is 4.92 Å². The number of anilines is 1. The maximum absolute atomic E-state index is 11.2. The van der Waals surface area contributed by atoms with Crippen molar-refractivity contribution in [2.75, 3.05) is 5.32 Å². The van der Waals surface area contributed by atoms with Crippen molar-refractivity contribution in [1.82, 2.24) is 20.6 Å². The Morgan fingerprint density at radius 1 is 1.59 bits per heavy atom. The molecule has 0 aliphatic carbocycles. The zero-order valence-corrected chi connectivity index (χ0v) is 13.2. The summed E-state index contributed by atoms with van der Waals surface area (Å²) >= 11 is 3.34. The molecule has 1 aromatic heterocycles. The molecule has 0 unspecified atom stereocenters. The van der Waals surface area contributed by atoms with E-state index in [2.05, 4.69) is 41.9 Å². The number of rotatable bonds is 4. The number of tetrazole rings is 1. The maximum atomic E-state index is 11.2. The van der Waals surface area contributed by atoms with Gasteiger partial charge in [-0.3, -0.25) is 10.1 Å². The zero-order valence-electron chi connectivity index (χ0n) is 11.6. The van der Waals surface area contributed by atoms with Crippen LogP contribution >= 0.6 is 15.9 Å². The third-order valence-electron chi connectivity index (χ3n) is 3.01. The van der Waals surface area contributed by atoms with Crippen molar-refractivity contribution in [3.05, 3.63) is 43.8 Å². The first-order valence-corrected chi connectivity index (χ1v) is 6.79. The Kier molecular flexibility index (Phi) is 4.47. The van der Waals surface area contributed by atoms with E-state index in [1.165, 1.54) is 12.3 Å². The second-order valence-corrected chi connectivity index (χ2v) is 5.13. The average molecular weight is 364 g/mol. The molecule has 22 heavy (non-hydrogen) atoms. The van der Waals surface area contributed by atoms with Crippen molar-refractivity contribution in [2.45, 2.75) is 13.8 Å². The first-order chi connectivity index (χ1) is 10.5. The van der Waals surface area contributed by atoms with Crippen molar-refractivity contribution in [3.8, 4) is 6.07 Å². The highest BCUT2D eigenvalue weighted by atomic mass is 79.9. The number of hydrogen-bond acceptors (Lipinski definition) is 7. The SMILES string of the molecule is Cc1cc([N+](=O)[O-])c(NC=C(C#N)c2nn[nH]n2)c(Br)c1C. The second-order valence-electron chi connectivity index (χ2n) is 4.33. The molecule has 10 heteroatoms. The molecule has 0 spiro atoms. The molecule has 0 atom stereocenters. The van der Waals surface area contributed by atoms with Gasteiger partial charge in [0, 0.05) is 12.3 Å². The Bertz CT molecular complexity index is 793. The lowest BCUT2D eigenvalue weighted by Gasteiger charge is -2.10. The van der Waals surface area contributed by atoms with E-state index in [9.17, 15) is 10.1 Å². The lowest BCUT2D eigenvalue weighted by molar-refractivity contribution is -0.384. The number of aromatic amines is 1. The van der Waals surface area contributed by atoms with Gasteiger partial charge in [0.05, 0.1) is 9.40 Å². The second kappa shape index (κ2) is 6.31. The Morgan fingerprint density at radius 3 is 2.86 bits per heavy atom. The van der Waals surface area contributed by atoms with Gasteiger partial charge < -0.3 is 5.32 Å². The fraction of sp³-hybridized carbons (Fsp3) is 0.167. The fourth-order valence-corrected chi connectivity index (χ4v) is 2.34. The predicted octanol–water partition coefficient (Wildman–Crippen LogP) is 2.46. The highest BCUT2D eigenvalue weighted by molar-refractivity contribution is 9.10. The number of aryl methyl sites for hydroxylation is 1. The number of allylic oxidation sites excluding steroid dienone is 1. The van der Waals surface area contributed by atoms with Gasteiger partial charge in [-0.25, -0.2) is 0 Å². The summed E-state index contributed by atoms with van der Waals surface area (Å²) in [5.41, 5.74) is 1.89. The van der Waals surface area contributed by atoms with Crippen LogP contribution in [0.5, 0.6) is 0 Å². The number of nitriles is 1. The third kappa shape index (κ3) is 2.94. The lowest BCUT2D eigenvalue weighted by Crippen LogP contribution is -2.01. The molecular weight excluding hydrogens is 354 g/mol. The largest absolute Gasteiger partial charge is 0.354 e. The van der Waals surface area contributed by atoms with Crippen molar-refractivity contribution in [2.24, 2.45) is 0 Å². The molecule has 1 aromatic carbocycles. The van der Waals surface area contributed by atoms with Gasteiger partial charge in [-0.15, -0.1) is 10.2 Å². The van der Waals surface area contributed by atoms with Crippen LogP contribution in [0, 0.1) is 35.3 Å². The summed E-state index contributed by atoms with van der Waals surface area (Å²) in [6.07, 6.45) is 1.30. The molecule has 9 nitrogen and oxygen atoms in total. The van der Waals surface area contributed by atoms with Crippen LogP contribution in [0.15, 0.2) is 16.7 Å². The molecule has 0 aliphatic rings. The van der Waals surface area contributed by atoms with E-state index in [0.717, 1.165) is 11.1 Å². The van der Waals surface area contributed by atoms with Crippen LogP contribution in [0.4, 0.5) is 11.4 Å². The molecule has 0 bridgehead atoms. The Morgan fingerprint density at radius 2 is 2.32 bits per heavy atom. The van der Waals surface area contributed by atoms with Crippen LogP contribution < -0.4 is 5.32 Å². The summed E-state index contributed by atoms with van der Waals surface area (Å²) in [6.45, 7) is 3.62. The number of benzene rings is 1. The molecule has 2 aromatic rings. The number of nitro groups is 1. The van der Waals surface area contributed by atoms with Gasteiger partial charge in [0.25, 0.3) is 5.69 Å². The van der Waals surface area contributed by atoms with Gasteiger partial charge in [-0.05, 0) is 46.1 Å². The molecule has 0 aliphatic heterocycles. The number of halogens is 1. The molecular formula is C12H10BrN7O2. The molecule has 1 heterocycles. The summed E-state index contributed by atoms with van der Waals surface area (Å²) in [4.78, 5) is 10.7. The van der Waals surface area contributed by atoms with E-state index < -0.39 is 4.92 Å². The van der Waals surface area contributed by atoms with Crippen LogP contribution in [0.1, 0.15) is 17.0 Å². The summed E-state index contributed by atoms with van der Waals surface area (Å²) in [6, 6.07) is 3.37. The first-order valence-electron chi connectivity index (χ1n) is 6.00. The maximum Gasteiger partial charge on any atom is 0.294 e. The van der Waals surface area contributed by atoms with E-state index in [4.69, 9.17) is 5.26 Å². The van der Waals surface area contributed by atoms with Gasteiger partial charge in [0.1, 0.15) is 17.3 Å². The Labute approximate surface area is 133 Å². The number of H-pyrrole nitrogens is 1. The molecule has 2 rings (SSSR count). The number of aromatic nitrogens is 4. The van der Waals surface area contributed by atoms with Crippen LogP contribution in [-0.4, -0.2) is 25.5 Å². The summed E-state index contributed by atoms with van der Waals surface area (Å²) in [5, 5.41) is 36.0. The topological polar surface area (TPSA) is 133 Å². The van der Waals surface area contributed by atoms with Gasteiger partial charge in [-0.1, -0.05) is 0 Å². The molecule has 0 saturated carbocycles. The van der Waals surface area contributed by atoms with Crippen molar-refractivity contribution >= 4 is 32.9 Å². The van der Waals surface area contributed by atoms with Gasteiger partial charge in [-0.2, -0.15) is 10.5 Å². The van der Waals surface area contributed by atoms with Crippen molar-refractivity contribution in [1.29, 1.82) is 5.26 Å². The molecule has 0 radical (unpaired) electrons. The number of nitro benzene ring substituents is 1. The Hall–Kier alpha value is -2.80. The van der Waals surface area contributed by atoms with Gasteiger partial charge >= 0.3 is 0 Å². The van der Waals surface area contributed by atoms with Gasteiger partial charge in [0.15, 0.2) is 0 Å². The summed E-state index contributed by atoms with van der Waals surface area (Å²) < 4.78 is 0.556. The zero-order chi connectivity index (χ0) is 16.3. The molecule has 0 amide bonds. The monoisotopic (exact) mass is 363 g/mol.